The zero-order valence-electron chi connectivity index (χ0n) is 6.81. The van der Waals surface area contributed by atoms with Gasteiger partial charge in [0, 0.05) is 0 Å². The first-order valence-corrected chi connectivity index (χ1v) is 3.52. The third-order valence-corrected chi connectivity index (χ3v) is 1.06. The Balaban J connectivity index is 0.000000217. The van der Waals surface area contributed by atoms with Crippen LogP contribution >= 0.6 is 0 Å². The number of benzene rings is 1. The molecular formula is C9H11F3. The maximum absolute atomic E-state index is 10.4. The standard InChI is InChI=1S/C7H8.C2H3F3/c1-7-5-3-2-4-6-7;3-1-2(4)5/h2-6H,1H3;2H,1H2. The van der Waals surface area contributed by atoms with Crippen LogP contribution in [0.5, 0.6) is 0 Å². The summed E-state index contributed by atoms with van der Waals surface area (Å²) in [5.74, 6) is 0. The van der Waals surface area contributed by atoms with Crippen LogP contribution in [0.25, 0.3) is 0 Å². The lowest BCUT2D eigenvalue weighted by Gasteiger charge is -1.82. The zero-order valence-corrected chi connectivity index (χ0v) is 6.81. The Morgan fingerprint density at radius 1 is 1.17 bits per heavy atom. The molecule has 0 N–H and O–H groups in total. The van der Waals surface area contributed by atoms with Crippen LogP contribution in [0.1, 0.15) is 5.56 Å². The maximum atomic E-state index is 10.4. The van der Waals surface area contributed by atoms with Crippen molar-refractivity contribution in [3.63, 3.8) is 0 Å². The Hall–Kier alpha value is -0.990. The largest absolute Gasteiger partial charge is 0.266 e. The highest BCUT2D eigenvalue weighted by molar-refractivity contribution is 5.11. The van der Waals surface area contributed by atoms with Crippen molar-refractivity contribution in [2.75, 3.05) is 6.67 Å². The topological polar surface area (TPSA) is 0 Å². The molecule has 0 saturated heterocycles. The van der Waals surface area contributed by atoms with Gasteiger partial charge in [0.1, 0.15) is 0 Å². The van der Waals surface area contributed by atoms with E-state index in [4.69, 9.17) is 0 Å². The molecule has 0 nitrogen and oxygen atoms in total. The summed E-state index contributed by atoms with van der Waals surface area (Å²) in [6.45, 7) is 0.556. The molecule has 1 aromatic carbocycles. The first kappa shape index (κ1) is 11.0. The van der Waals surface area contributed by atoms with Crippen LogP contribution in [0.3, 0.4) is 0 Å². The van der Waals surface area contributed by atoms with Gasteiger partial charge in [-0.05, 0) is 6.92 Å². The van der Waals surface area contributed by atoms with Crippen LogP contribution in [-0.4, -0.2) is 13.1 Å². The maximum Gasteiger partial charge on any atom is 0.266 e. The highest BCUT2D eigenvalue weighted by Crippen LogP contribution is 1.92. The average Bonchev–Trinajstić information content (AvgIpc) is 2.07. The first-order valence-electron chi connectivity index (χ1n) is 3.52. The molecule has 0 fully saturated rings. The first-order chi connectivity index (χ1) is 5.66. The molecule has 0 radical (unpaired) electrons. The number of alkyl halides is 3. The molecule has 0 aliphatic rings. The van der Waals surface area contributed by atoms with E-state index in [1.54, 1.807) is 0 Å². The Bertz CT molecular complexity index is 184. The number of rotatable bonds is 1. The summed E-state index contributed by atoms with van der Waals surface area (Å²) >= 11 is 0. The van der Waals surface area contributed by atoms with E-state index in [1.165, 1.54) is 5.56 Å². The van der Waals surface area contributed by atoms with Crippen molar-refractivity contribution in [2.45, 2.75) is 13.3 Å². The van der Waals surface area contributed by atoms with Gasteiger partial charge in [-0.3, -0.25) is 0 Å². The summed E-state index contributed by atoms with van der Waals surface area (Å²) < 4.78 is 31.1. The fourth-order valence-electron chi connectivity index (χ4n) is 0.534. The molecule has 0 spiro atoms. The van der Waals surface area contributed by atoms with E-state index in [1.807, 2.05) is 18.2 Å². The van der Waals surface area contributed by atoms with E-state index in [-0.39, 0.29) is 0 Å². The molecule has 0 aliphatic carbocycles. The molecular weight excluding hydrogens is 165 g/mol. The van der Waals surface area contributed by atoms with Gasteiger partial charge in [-0.25, -0.2) is 13.2 Å². The summed E-state index contributed by atoms with van der Waals surface area (Å²) in [4.78, 5) is 0. The Labute approximate surface area is 70.0 Å². The molecule has 1 rings (SSSR count). The van der Waals surface area contributed by atoms with Crippen molar-refractivity contribution >= 4 is 0 Å². The van der Waals surface area contributed by atoms with E-state index < -0.39 is 13.1 Å². The van der Waals surface area contributed by atoms with Crippen molar-refractivity contribution in [2.24, 2.45) is 0 Å². The quantitative estimate of drug-likeness (QED) is 0.616. The number of hydrogen-bond donors (Lipinski definition) is 0. The highest BCUT2D eigenvalue weighted by atomic mass is 19.3. The normalized spacial score (nSPS) is 9.08. The third kappa shape index (κ3) is 7.12. The third-order valence-electron chi connectivity index (χ3n) is 1.06. The van der Waals surface area contributed by atoms with Gasteiger partial charge in [0.2, 0.25) is 0 Å². The molecule has 0 saturated carbocycles. The molecule has 0 unspecified atom stereocenters. The molecule has 1 aromatic rings. The smallest absolute Gasteiger partial charge is 0.245 e. The average molecular weight is 176 g/mol. The summed E-state index contributed by atoms with van der Waals surface area (Å²) in [6, 6.07) is 10.3. The summed E-state index contributed by atoms with van der Waals surface area (Å²) in [5.41, 5.74) is 1.32. The molecule has 0 heterocycles. The molecule has 0 aromatic heterocycles. The van der Waals surface area contributed by atoms with Crippen molar-refractivity contribution < 1.29 is 13.2 Å². The summed E-state index contributed by atoms with van der Waals surface area (Å²) in [5, 5.41) is 0. The highest BCUT2D eigenvalue weighted by Gasteiger charge is 1.95. The van der Waals surface area contributed by atoms with Crippen molar-refractivity contribution in [1.29, 1.82) is 0 Å². The van der Waals surface area contributed by atoms with E-state index in [0.717, 1.165) is 0 Å². The molecule has 0 atom stereocenters. The second-order valence-corrected chi connectivity index (χ2v) is 2.20. The fourth-order valence-corrected chi connectivity index (χ4v) is 0.534. The SMILES string of the molecule is Cc1ccccc1.FCC(F)F. The van der Waals surface area contributed by atoms with E-state index in [2.05, 4.69) is 19.1 Å². The van der Waals surface area contributed by atoms with Gasteiger partial charge in [-0.2, -0.15) is 0 Å². The second kappa shape index (κ2) is 6.70. The molecule has 0 amide bonds. The van der Waals surface area contributed by atoms with Gasteiger partial charge in [0.05, 0.1) is 0 Å². The van der Waals surface area contributed by atoms with Gasteiger partial charge in [-0.15, -0.1) is 0 Å². The van der Waals surface area contributed by atoms with Crippen LogP contribution in [0, 0.1) is 6.92 Å². The van der Waals surface area contributed by atoms with E-state index in [0.29, 0.717) is 0 Å². The van der Waals surface area contributed by atoms with Crippen molar-refractivity contribution in [3.8, 4) is 0 Å². The van der Waals surface area contributed by atoms with Gasteiger partial charge >= 0.3 is 0 Å². The minimum Gasteiger partial charge on any atom is -0.245 e. The Morgan fingerprint density at radius 2 is 1.58 bits per heavy atom. The molecule has 0 bridgehead atoms. The molecule has 0 aliphatic heterocycles. The van der Waals surface area contributed by atoms with Crippen LogP contribution in [0.2, 0.25) is 0 Å². The van der Waals surface area contributed by atoms with Crippen LogP contribution in [0.4, 0.5) is 13.2 Å². The van der Waals surface area contributed by atoms with Crippen LogP contribution in [0.15, 0.2) is 30.3 Å². The Morgan fingerprint density at radius 3 is 1.75 bits per heavy atom. The predicted molar refractivity (Wildman–Crippen MR) is 43.2 cm³/mol. The number of halogens is 3. The fraction of sp³-hybridized carbons (Fsp3) is 0.333. The zero-order chi connectivity index (χ0) is 9.40. The summed E-state index contributed by atoms with van der Waals surface area (Å²) in [6.07, 6.45) is -2.78. The predicted octanol–water partition coefficient (Wildman–Crippen LogP) is 3.22. The van der Waals surface area contributed by atoms with E-state index >= 15 is 0 Å². The summed E-state index contributed by atoms with van der Waals surface area (Å²) in [7, 11) is 0. The number of aryl methyl sites for hydroxylation is 1. The Kier molecular flexibility index (Phi) is 6.15. The van der Waals surface area contributed by atoms with Crippen molar-refractivity contribution in [3.05, 3.63) is 35.9 Å². The lowest BCUT2D eigenvalue weighted by atomic mass is 10.2. The molecule has 3 heteroatoms. The van der Waals surface area contributed by atoms with Gasteiger partial charge < -0.3 is 0 Å². The van der Waals surface area contributed by atoms with Gasteiger partial charge in [0.25, 0.3) is 6.43 Å². The lowest BCUT2D eigenvalue weighted by Crippen LogP contribution is -1.88. The van der Waals surface area contributed by atoms with Gasteiger partial charge in [-0.1, -0.05) is 35.9 Å². The minimum atomic E-state index is -2.78. The van der Waals surface area contributed by atoms with Crippen LogP contribution < -0.4 is 0 Å². The lowest BCUT2D eigenvalue weighted by molar-refractivity contribution is 0.113. The second-order valence-electron chi connectivity index (χ2n) is 2.20. The van der Waals surface area contributed by atoms with Crippen molar-refractivity contribution in [1.82, 2.24) is 0 Å². The molecule has 12 heavy (non-hydrogen) atoms. The molecule has 68 valence electrons. The van der Waals surface area contributed by atoms with Gasteiger partial charge in [0.15, 0.2) is 6.67 Å². The van der Waals surface area contributed by atoms with Crippen LogP contribution in [-0.2, 0) is 0 Å². The minimum absolute atomic E-state index is 1.32. The van der Waals surface area contributed by atoms with E-state index in [9.17, 15) is 13.2 Å². The monoisotopic (exact) mass is 176 g/mol. The number of hydrogen-bond acceptors (Lipinski definition) is 0.